The maximum absolute atomic E-state index is 9.74. The predicted molar refractivity (Wildman–Crippen MR) is 108 cm³/mol. The third-order valence-electron chi connectivity index (χ3n) is 4.38. The first-order chi connectivity index (χ1) is 12.1. The minimum Gasteiger partial charge on any atom is -0.391 e. The highest BCUT2D eigenvalue weighted by atomic mass is 35.5. The lowest BCUT2D eigenvalue weighted by atomic mass is 10.3. The van der Waals surface area contributed by atoms with Crippen LogP contribution in [0.3, 0.4) is 0 Å². The Labute approximate surface area is 159 Å². The number of aromatic nitrogens is 4. The molecule has 0 amide bonds. The van der Waals surface area contributed by atoms with E-state index in [1.807, 2.05) is 21.0 Å². The van der Waals surface area contributed by atoms with E-state index in [0.29, 0.717) is 53.6 Å². The van der Waals surface area contributed by atoms with Crippen molar-refractivity contribution in [1.29, 1.82) is 0 Å². The molecular weight excluding hydrogens is 356 g/mol. The molecule has 1 unspecified atom stereocenters. The number of halogens is 1. The lowest BCUT2D eigenvalue weighted by molar-refractivity contribution is 0.183. The molecule has 1 saturated carbocycles. The van der Waals surface area contributed by atoms with Crippen LogP contribution in [0, 0.1) is 0 Å². The smallest absolute Gasteiger partial charge is 0.228 e. The molecule has 2 aromatic rings. The summed E-state index contributed by atoms with van der Waals surface area (Å²) in [6.07, 6.45) is 2.57. The van der Waals surface area contributed by atoms with Crippen LogP contribution in [0.5, 0.6) is 0 Å². The Balaban J connectivity index is 0.00000243. The van der Waals surface area contributed by atoms with Crippen LogP contribution in [0.4, 0.5) is 23.5 Å². The Hall–Kier alpha value is -2.13. The van der Waals surface area contributed by atoms with Crippen LogP contribution in [0.2, 0.25) is 0 Å². The van der Waals surface area contributed by atoms with Crippen molar-refractivity contribution in [2.45, 2.75) is 38.3 Å². The number of hydrogen-bond donors (Lipinski definition) is 4. The summed E-state index contributed by atoms with van der Waals surface area (Å²) >= 11 is 0. The van der Waals surface area contributed by atoms with E-state index in [0.717, 1.165) is 0 Å². The number of fused-ring (bicyclic) bond motifs is 1. The number of aliphatic hydroxyl groups excluding tert-OH is 1. The molecule has 2 heterocycles. The van der Waals surface area contributed by atoms with E-state index in [2.05, 4.69) is 40.8 Å². The van der Waals surface area contributed by atoms with Crippen molar-refractivity contribution in [3.05, 3.63) is 0 Å². The van der Waals surface area contributed by atoms with Crippen LogP contribution in [0.1, 0.15) is 26.2 Å². The second-order valence-corrected chi connectivity index (χ2v) is 6.25. The highest BCUT2D eigenvalue weighted by Gasteiger charge is 2.29. The first kappa shape index (κ1) is 20.2. The average Bonchev–Trinajstić information content (AvgIpc) is 3.48. The maximum Gasteiger partial charge on any atom is 0.228 e. The molecule has 1 atom stereocenters. The van der Waals surface area contributed by atoms with Crippen LogP contribution < -0.4 is 20.9 Å². The number of nitrogens with one attached hydrogen (secondary N) is 3. The Kier molecular flexibility index (Phi) is 6.60. The van der Waals surface area contributed by atoms with Crippen molar-refractivity contribution in [2.24, 2.45) is 0 Å². The summed E-state index contributed by atoms with van der Waals surface area (Å²) in [5, 5.41) is 19.0. The van der Waals surface area contributed by atoms with Gasteiger partial charge in [0.25, 0.3) is 0 Å². The van der Waals surface area contributed by atoms with Gasteiger partial charge in [-0.3, -0.25) is 0 Å². The summed E-state index contributed by atoms with van der Waals surface area (Å²) in [6.45, 7) is 2.32. The van der Waals surface area contributed by atoms with Crippen LogP contribution in [0.15, 0.2) is 0 Å². The van der Waals surface area contributed by atoms with Crippen molar-refractivity contribution in [3.8, 4) is 0 Å². The molecule has 0 aromatic carbocycles. The first-order valence-corrected chi connectivity index (χ1v) is 8.67. The zero-order valence-corrected chi connectivity index (χ0v) is 16.4. The monoisotopic (exact) mass is 382 g/mol. The lowest BCUT2D eigenvalue weighted by Crippen LogP contribution is -2.23. The maximum atomic E-state index is 9.74. The van der Waals surface area contributed by atoms with Gasteiger partial charge >= 0.3 is 0 Å². The van der Waals surface area contributed by atoms with Crippen molar-refractivity contribution in [3.63, 3.8) is 0 Å². The van der Waals surface area contributed by atoms with Crippen molar-refractivity contribution >= 4 is 47.0 Å². The van der Waals surface area contributed by atoms with E-state index in [1.54, 1.807) is 7.05 Å². The van der Waals surface area contributed by atoms with Gasteiger partial charge in [-0.1, -0.05) is 6.92 Å². The number of rotatable bonds is 8. The Morgan fingerprint density at radius 2 is 1.69 bits per heavy atom. The van der Waals surface area contributed by atoms with Gasteiger partial charge in [0, 0.05) is 33.7 Å². The minimum absolute atomic E-state index is 0. The molecule has 0 radical (unpaired) electrons. The van der Waals surface area contributed by atoms with E-state index < -0.39 is 6.10 Å². The Morgan fingerprint density at radius 1 is 1.08 bits per heavy atom. The van der Waals surface area contributed by atoms with Gasteiger partial charge in [0.05, 0.1) is 6.10 Å². The number of hydrogen-bond acceptors (Lipinski definition) is 9. The summed E-state index contributed by atoms with van der Waals surface area (Å²) in [6, 6.07) is 0.512. The first-order valence-electron chi connectivity index (χ1n) is 8.67. The van der Waals surface area contributed by atoms with Crippen molar-refractivity contribution in [1.82, 2.24) is 19.9 Å². The normalized spacial score (nSPS) is 14.5. The molecule has 1 fully saturated rings. The Morgan fingerprint density at radius 3 is 2.27 bits per heavy atom. The van der Waals surface area contributed by atoms with E-state index in [1.165, 1.54) is 12.8 Å². The summed E-state index contributed by atoms with van der Waals surface area (Å²) < 4.78 is 0. The summed E-state index contributed by atoms with van der Waals surface area (Å²) in [7, 11) is 5.63. The van der Waals surface area contributed by atoms with Crippen LogP contribution in [0.25, 0.3) is 11.0 Å². The molecule has 0 aliphatic heterocycles. The zero-order valence-electron chi connectivity index (χ0n) is 15.6. The molecule has 144 valence electrons. The van der Waals surface area contributed by atoms with E-state index in [-0.39, 0.29) is 12.4 Å². The molecule has 0 saturated heterocycles. The Bertz CT molecular complexity index is 755. The fraction of sp³-hybridized carbons (Fsp3) is 0.625. The van der Waals surface area contributed by atoms with Gasteiger partial charge < -0.3 is 26.0 Å². The van der Waals surface area contributed by atoms with Gasteiger partial charge in [-0.25, -0.2) is 9.97 Å². The molecule has 4 N–H and O–H groups in total. The topological polar surface area (TPSA) is 111 Å². The van der Waals surface area contributed by atoms with Gasteiger partial charge in [0.2, 0.25) is 11.9 Å². The third kappa shape index (κ3) is 4.16. The summed E-state index contributed by atoms with van der Waals surface area (Å²) in [5.74, 6) is 2.39. The fourth-order valence-electron chi connectivity index (χ4n) is 2.57. The SMILES string of the molecule is CCC(O)CNc1nc(NC)c2nc(N(C)C3CC3)nc(NC)c2n1.Cl. The molecule has 1 aliphatic rings. The molecular formula is C16H27ClN8O. The van der Waals surface area contributed by atoms with Crippen LogP contribution >= 0.6 is 12.4 Å². The number of anilines is 4. The van der Waals surface area contributed by atoms with Gasteiger partial charge in [0.15, 0.2) is 11.6 Å². The average molecular weight is 383 g/mol. The van der Waals surface area contributed by atoms with Crippen LogP contribution in [-0.4, -0.2) is 64.9 Å². The molecule has 0 spiro atoms. The molecule has 9 nitrogen and oxygen atoms in total. The standard InChI is InChI=1S/C16H26N8O.ClH/c1-5-10(25)8-19-15-20-11-12(13(17-2)22-15)21-16(23-14(11)18-3)24(4)9-6-7-9;/h9-10,25H,5-8H2,1-4H3,(H,18,21,23)(H2,17,19,20,22);1H. The van der Waals surface area contributed by atoms with Crippen molar-refractivity contribution in [2.75, 3.05) is 48.5 Å². The molecule has 0 bridgehead atoms. The van der Waals surface area contributed by atoms with E-state index in [4.69, 9.17) is 0 Å². The molecule has 2 aromatic heterocycles. The fourth-order valence-corrected chi connectivity index (χ4v) is 2.57. The highest BCUT2D eigenvalue weighted by molar-refractivity contribution is 5.94. The highest BCUT2D eigenvalue weighted by Crippen LogP contribution is 2.32. The van der Waals surface area contributed by atoms with Gasteiger partial charge in [-0.05, 0) is 19.3 Å². The second kappa shape index (κ2) is 8.50. The molecule has 10 heteroatoms. The van der Waals surface area contributed by atoms with Crippen molar-refractivity contribution < 1.29 is 5.11 Å². The lowest BCUT2D eigenvalue weighted by Gasteiger charge is -2.19. The minimum atomic E-state index is -0.438. The summed E-state index contributed by atoms with van der Waals surface area (Å²) in [4.78, 5) is 20.4. The molecule has 3 rings (SSSR count). The van der Waals surface area contributed by atoms with Gasteiger partial charge in [-0.15, -0.1) is 12.4 Å². The third-order valence-corrected chi connectivity index (χ3v) is 4.38. The second-order valence-electron chi connectivity index (χ2n) is 6.25. The van der Waals surface area contributed by atoms with Gasteiger partial charge in [-0.2, -0.15) is 9.97 Å². The predicted octanol–water partition coefficient (Wildman–Crippen LogP) is 1.71. The quantitative estimate of drug-likeness (QED) is 0.542. The summed E-state index contributed by atoms with van der Waals surface area (Å²) in [5.41, 5.74) is 1.31. The van der Waals surface area contributed by atoms with Gasteiger partial charge in [0.1, 0.15) is 11.0 Å². The largest absolute Gasteiger partial charge is 0.391 e. The van der Waals surface area contributed by atoms with Crippen LogP contribution in [-0.2, 0) is 0 Å². The van der Waals surface area contributed by atoms with E-state index in [9.17, 15) is 5.11 Å². The zero-order chi connectivity index (χ0) is 18.0. The van der Waals surface area contributed by atoms with E-state index >= 15 is 0 Å². The molecule has 26 heavy (non-hydrogen) atoms. The number of aliphatic hydroxyl groups is 1. The number of nitrogens with zero attached hydrogens (tertiary/aromatic N) is 5. The molecule has 1 aliphatic carbocycles.